The predicted octanol–water partition coefficient (Wildman–Crippen LogP) is 2.92. The third kappa shape index (κ3) is 7.49. The van der Waals surface area contributed by atoms with Crippen LogP contribution in [0.4, 0.5) is 5.69 Å². The normalized spacial score (nSPS) is 25.2. The topological polar surface area (TPSA) is 145 Å². The van der Waals surface area contributed by atoms with E-state index in [9.17, 15) is 14.4 Å². The summed E-state index contributed by atoms with van der Waals surface area (Å²) in [4.78, 5) is 63.3. The highest BCUT2D eigenvalue weighted by Crippen LogP contribution is 2.52. The van der Waals surface area contributed by atoms with Crippen molar-refractivity contribution in [1.82, 2.24) is 9.80 Å². The van der Waals surface area contributed by atoms with Crippen LogP contribution in [-0.2, 0) is 28.7 Å². The fraction of sp³-hybridized carbons (Fsp3) is 0.567. The van der Waals surface area contributed by atoms with E-state index in [1.807, 2.05) is 18.2 Å². The Labute approximate surface area is 250 Å². The average Bonchev–Trinajstić information content (AvgIpc) is 3.64. The summed E-state index contributed by atoms with van der Waals surface area (Å²) in [5.74, 6) is -4.16. The Morgan fingerprint density at radius 2 is 1.57 bits per heavy atom. The van der Waals surface area contributed by atoms with Crippen molar-refractivity contribution in [1.29, 1.82) is 0 Å². The van der Waals surface area contributed by atoms with Gasteiger partial charge in [0.05, 0.1) is 18.4 Å². The van der Waals surface area contributed by atoms with Crippen molar-refractivity contribution in [2.24, 2.45) is 23.7 Å². The van der Waals surface area contributed by atoms with Gasteiger partial charge in [0.25, 0.3) is 0 Å². The number of hydrogen-bond acceptors (Lipinski definition) is 8. The third-order valence-electron chi connectivity index (χ3n) is 8.42. The molecule has 12 heteroatoms. The fourth-order valence-corrected chi connectivity index (χ4v) is 6.58. The van der Waals surface area contributed by atoms with Crippen molar-refractivity contribution in [3.63, 3.8) is 0 Å². The maximum Gasteiger partial charge on any atom is 0.414 e. The van der Waals surface area contributed by atoms with Crippen LogP contribution in [0.25, 0.3) is 0 Å². The first-order chi connectivity index (χ1) is 20.1. The fourth-order valence-electron chi connectivity index (χ4n) is 6.39. The number of carboxylic acid groups (broad SMARTS) is 2. The molecule has 2 heterocycles. The van der Waals surface area contributed by atoms with Crippen LogP contribution in [-0.4, -0.2) is 95.1 Å². The first-order valence-corrected chi connectivity index (χ1v) is 14.9. The van der Waals surface area contributed by atoms with Gasteiger partial charge in [-0.25, -0.2) is 9.59 Å². The molecule has 11 nitrogen and oxygen atoms in total. The average molecular weight is 604 g/mol. The van der Waals surface area contributed by atoms with Crippen LogP contribution in [0, 0.1) is 23.7 Å². The first kappa shape index (κ1) is 31.5. The highest BCUT2D eigenvalue weighted by atomic mass is 35.5. The summed E-state index contributed by atoms with van der Waals surface area (Å²) >= 11 is 6.17. The molecular formula is C30H38ClN3O8. The van der Waals surface area contributed by atoms with Crippen LogP contribution in [0.3, 0.4) is 0 Å². The summed E-state index contributed by atoms with van der Waals surface area (Å²) in [5.41, 5.74) is 1.10. The minimum atomic E-state index is -1.82. The van der Waals surface area contributed by atoms with Gasteiger partial charge in [0.15, 0.2) is 0 Å². The number of aliphatic carboxylic acids is 2. The van der Waals surface area contributed by atoms with Gasteiger partial charge in [-0.2, -0.15) is 0 Å². The minimum absolute atomic E-state index is 0.0837. The number of benzene rings is 1. The standard InChI is InChI=1S/C28H36ClN3O4.C2H2O4/c1-2-3-4-8-24(33)36-23(17-30-11-13-31(14-12-30)22-7-5-6-21(29)16-22)18-32-27(34)25-19-9-10-20(15-19)26(25)28(32)35;3-1(4)2(5)6/h5-7,9-10,16,19-20,23,25-26H,2-4,8,11-15,17-18H2,1H3;(H,3,4)(H,5,6)/t19-,20?,23?,25-,26?;/m0./s1. The monoisotopic (exact) mass is 603 g/mol. The molecule has 1 aromatic rings. The lowest BCUT2D eigenvalue weighted by Crippen LogP contribution is -2.51. The molecule has 1 saturated carbocycles. The second-order valence-corrected chi connectivity index (χ2v) is 11.7. The van der Waals surface area contributed by atoms with Gasteiger partial charge in [-0.1, -0.05) is 49.6 Å². The zero-order valence-electron chi connectivity index (χ0n) is 23.7. The van der Waals surface area contributed by atoms with E-state index >= 15 is 0 Å². The third-order valence-corrected chi connectivity index (χ3v) is 8.66. The molecule has 2 N–H and O–H groups in total. The smallest absolute Gasteiger partial charge is 0.414 e. The molecule has 2 saturated heterocycles. The lowest BCUT2D eigenvalue weighted by Gasteiger charge is -2.38. The molecule has 2 aliphatic carbocycles. The van der Waals surface area contributed by atoms with E-state index in [0.29, 0.717) is 13.0 Å². The Morgan fingerprint density at radius 3 is 2.12 bits per heavy atom. The van der Waals surface area contributed by atoms with E-state index in [1.165, 1.54) is 4.90 Å². The number of allylic oxidation sites excluding steroid dienone is 2. The van der Waals surface area contributed by atoms with Crippen LogP contribution >= 0.6 is 11.6 Å². The number of amides is 2. The molecule has 3 fully saturated rings. The molecule has 3 unspecified atom stereocenters. The maximum absolute atomic E-state index is 13.2. The molecule has 42 heavy (non-hydrogen) atoms. The molecule has 2 amide bonds. The Balaban J connectivity index is 0.000000612. The molecule has 4 aliphatic rings. The van der Waals surface area contributed by atoms with Gasteiger partial charge in [0, 0.05) is 49.9 Å². The second kappa shape index (κ2) is 14.2. The van der Waals surface area contributed by atoms with Crippen LogP contribution < -0.4 is 4.90 Å². The van der Waals surface area contributed by atoms with Crippen molar-refractivity contribution in [3.05, 3.63) is 41.4 Å². The zero-order chi connectivity index (χ0) is 30.4. The Hall–Kier alpha value is -3.44. The number of imide groups is 1. The summed E-state index contributed by atoms with van der Waals surface area (Å²) in [6.45, 7) is 6.03. The number of fused-ring (bicyclic) bond motifs is 5. The van der Waals surface area contributed by atoms with E-state index in [-0.39, 0.29) is 48.0 Å². The molecule has 228 valence electrons. The van der Waals surface area contributed by atoms with Gasteiger partial charge >= 0.3 is 17.9 Å². The zero-order valence-corrected chi connectivity index (χ0v) is 24.4. The van der Waals surface area contributed by atoms with Crippen LogP contribution in [0.1, 0.15) is 39.0 Å². The number of esters is 1. The SMILES string of the molecule is CCCCCC(=O)OC(CN1CCN(c2cccc(Cl)c2)CC1)CN1C(=O)C2C3C=C[C@@H](C3)[C@@H]2C1=O.O=C(O)C(=O)O. The van der Waals surface area contributed by atoms with E-state index in [0.717, 1.165) is 62.6 Å². The number of carbonyl (C=O) groups excluding carboxylic acids is 3. The van der Waals surface area contributed by atoms with Gasteiger partial charge in [0.1, 0.15) is 6.10 Å². The predicted molar refractivity (Wildman–Crippen MR) is 154 cm³/mol. The number of nitrogens with zero attached hydrogens (tertiary/aromatic N) is 3. The number of hydrogen-bond donors (Lipinski definition) is 2. The summed E-state index contributed by atoms with van der Waals surface area (Å²) in [6, 6.07) is 7.87. The van der Waals surface area contributed by atoms with Gasteiger partial charge in [0.2, 0.25) is 11.8 Å². The number of piperazine rings is 1. The number of ether oxygens (including phenoxy) is 1. The Bertz CT molecular complexity index is 1170. The summed E-state index contributed by atoms with van der Waals surface area (Å²) in [6.07, 6.45) is 7.77. The summed E-state index contributed by atoms with van der Waals surface area (Å²) in [5, 5.41) is 15.5. The van der Waals surface area contributed by atoms with E-state index in [2.05, 4.69) is 34.9 Å². The molecule has 0 aromatic heterocycles. The lowest BCUT2D eigenvalue weighted by molar-refractivity contribution is -0.159. The quantitative estimate of drug-likeness (QED) is 0.135. The molecule has 2 aliphatic heterocycles. The number of halogens is 1. The van der Waals surface area contributed by atoms with Crippen molar-refractivity contribution in [3.8, 4) is 0 Å². The Morgan fingerprint density at radius 1 is 0.952 bits per heavy atom. The van der Waals surface area contributed by atoms with Gasteiger partial charge in [-0.05, 0) is 42.9 Å². The number of carbonyl (C=O) groups is 5. The largest absolute Gasteiger partial charge is 0.473 e. The van der Waals surface area contributed by atoms with E-state index < -0.39 is 18.0 Å². The molecule has 5 rings (SSSR count). The first-order valence-electron chi connectivity index (χ1n) is 14.5. The molecule has 2 bridgehead atoms. The Kier molecular flexibility index (Phi) is 10.6. The molecular weight excluding hydrogens is 566 g/mol. The van der Waals surface area contributed by atoms with Crippen molar-refractivity contribution < 1.29 is 38.9 Å². The number of rotatable bonds is 10. The van der Waals surface area contributed by atoms with Crippen LogP contribution in [0.2, 0.25) is 5.02 Å². The van der Waals surface area contributed by atoms with Gasteiger partial charge in [-0.15, -0.1) is 0 Å². The summed E-state index contributed by atoms with van der Waals surface area (Å²) < 4.78 is 5.90. The highest BCUT2D eigenvalue weighted by Gasteiger charge is 2.59. The highest BCUT2D eigenvalue weighted by molar-refractivity contribution is 6.30. The molecule has 0 spiro atoms. The summed E-state index contributed by atoms with van der Waals surface area (Å²) in [7, 11) is 0. The van der Waals surface area contributed by atoms with Crippen molar-refractivity contribution in [2.75, 3.05) is 44.2 Å². The number of unbranched alkanes of at least 4 members (excludes halogenated alkanes) is 2. The van der Waals surface area contributed by atoms with Crippen molar-refractivity contribution >= 4 is 47.0 Å². The second-order valence-electron chi connectivity index (χ2n) is 11.2. The van der Waals surface area contributed by atoms with Crippen LogP contribution in [0.5, 0.6) is 0 Å². The minimum Gasteiger partial charge on any atom is -0.473 e. The van der Waals surface area contributed by atoms with Gasteiger partial charge in [-0.3, -0.25) is 24.2 Å². The number of carboxylic acids is 2. The maximum atomic E-state index is 13.2. The van der Waals surface area contributed by atoms with E-state index in [4.69, 9.17) is 36.1 Å². The van der Waals surface area contributed by atoms with E-state index in [1.54, 1.807) is 0 Å². The van der Waals surface area contributed by atoms with Crippen molar-refractivity contribution in [2.45, 2.75) is 45.1 Å². The number of anilines is 1. The lowest BCUT2D eigenvalue weighted by atomic mass is 9.85. The molecule has 1 aromatic carbocycles. The van der Waals surface area contributed by atoms with Crippen LogP contribution in [0.15, 0.2) is 36.4 Å². The van der Waals surface area contributed by atoms with Gasteiger partial charge < -0.3 is 19.8 Å². The number of likely N-dealkylation sites (tertiary alicyclic amines) is 1. The molecule has 5 atom stereocenters. The molecule has 0 radical (unpaired) electrons.